The highest BCUT2D eigenvalue weighted by Gasteiger charge is 2.60. The van der Waals surface area contributed by atoms with Crippen molar-refractivity contribution in [3.8, 4) is 0 Å². The molecular weight excluding hydrogens is 370 g/mol. The van der Waals surface area contributed by atoms with Crippen molar-refractivity contribution in [3.05, 3.63) is 52.6 Å². The van der Waals surface area contributed by atoms with E-state index in [-0.39, 0.29) is 5.41 Å². The molecule has 0 radical (unpaired) electrons. The van der Waals surface area contributed by atoms with Crippen LogP contribution in [0, 0.1) is 17.3 Å². The Morgan fingerprint density at radius 3 is 2.47 bits per heavy atom. The fraction of sp³-hybridized carbons (Fsp3) is 0.593. The highest BCUT2D eigenvalue weighted by molar-refractivity contribution is 5.93. The van der Waals surface area contributed by atoms with E-state index in [1.165, 1.54) is 22.4 Å². The van der Waals surface area contributed by atoms with Crippen LogP contribution < -0.4 is 4.90 Å². The van der Waals surface area contributed by atoms with Crippen LogP contribution in [0.1, 0.15) is 70.3 Å². The first-order chi connectivity index (χ1) is 14.2. The van der Waals surface area contributed by atoms with Gasteiger partial charge in [0.1, 0.15) is 0 Å². The summed E-state index contributed by atoms with van der Waals surface area (Å²) in [7, 11) is 4.16. The molecule has 2 fully saturated rings. The molecule has 0 spiro atoms. The summed E-state index contributed by atoms with van der Waals surface area (Å²) in [5, 5.41) is 11.4. The number of carbonyl (C=O) groups excluding carboxylic acids is 1. The van der Waals surface area contributed by atoms with E-state index < -0.39 is 5.60 Å². The Labute approximate surface area is 180 Å². The van der Waals surface area contributed by atoms with Crippen LogP contribution in [-0.2, 0) is 4.79 Å². The lowest BCUT2D eigenvalue weighted by Gasteiger charge is -2.54. The zero-order valence-electron chi connectivity index (χ0n) is 18.9. The number of fused-ring (bicyclic) bond motifs is 4. The van der Waals surface area contributed by atoms with Crippen LogP contribution in [0.3, 0.4) is 0 Å². The Kier molecular flexibility index (Phi) is 4.56. The zero-order chi connectivity index (χ0) is 21.3. The second kappa shape index (κ2) is 6.82. The summed E-state index contributed by atoms with van der Waals surface area (Å²) in [6.07, 6.45) is 8.67. The number of nitrogens with zero attached hydrogens (tertiary/aromatic N) is 1. The molecule has 1 N–H and O–H groups in total. The standard InChI is InChI=1S/C27H35NO2/c1-26-16-23(17-5-8-19(9-6-17)28(3)4)25-21-12-10-20(29)15-18(21)7-11-22(25)24(26)13-14-27(26,2)30/h5-6,8-9,15,22-24,30H,7,10-14,16H2,1-4H3/t22-,23+,24?,26-,27-/m0/s1. The number of anilines is 1. The van der Waals surface area contributed by atoms with Gasteiger partial charge in [-0.3, -0.25) is 4.79 Å². The van der Waals surface area contributed by atoms with Crippen molar-refractivity contribution in [2.75, 3.05) is 19.0 Å². The van der Waals surface area contributed by atoms with Gasteiger partial charge in [-0.15, -0.1) is 0 Å². The van der Waals surface area contributed by atoms with Crippen molar-refractivity contribution in [3.63, 3.8) is 0 Å². The minimum atomic E-state index is -0.603. The number of allylic oxidation sites excluding steroid dienone is 4. The summed E-state index contributed by atoms with van der Waals surface area (Å²) in [4.78, 5) is 14.3. The van der Waals surface area contributed by atoms with Gasteiger partial charge in [0.25, 0.3) is 0 Å². The van der Waals surface area contributed by atoms with E-state index in [2.05, 4.69) is 57.1 Å². The molecule has 30 heavy (non-hydrogen) atoms. The molecule has 1 unspecified atom stereocenters. The highest BCUT2D eigenvalue weighted by atomic mass is 16.3. The van der Waals surface area contributed by atoms with Gasteiger partial charge in [0.15, 0.2) is 5.78 Å². The maximum Gasteiger partial charge on any atom is 0.156 e. The summed E-state index contributed by atoms with van der Waals surface area (Å²) in [5.74, 6) is 1.72. The third kappa shape index (κ3) is 2.85. The molecule has 5 rings (SSSR count). The number of carbonyl (C=O) groups is 1. The first kappa shape index (κ1) is 20.1. The fourth-order valence-electron chi connectivity index (χ4n) is 7.18. The molecule has 2 saturated carbocycles. The van der Waals surface area contributed by atoms with E-state index in [1.54, 1.807) is 5.57 Å². The Balaban J connectivity index is 1.66. The van der Waals surface area contributed by atoms with Gasteiger partial charge in [0.05, 0.1) is 5.60 Å². The van der Waals surface area contributed by atoms with Gasteiger partial charge >= 0.3 is 0 Å². The van der Waals surface area contributed by atoms with Crippen molar-refractivity contribution in [2.24, 2.45) is 17.3 Å². The van der Waals surface area contributed by atoms with Gasteiger partial charge in [-0.1, -0.05) is 24.6 Å². The second-order valence-corrected chi connectivity index (χ2v) is 10.8. The molecule has 3 heteroatoms. The molecule has 3 nitrogen and oxygen atoms in total. The van der Waals surface area contributed by atoms with Crippen LogP contribution in [0.25, 0.3) is 0 Å². The van der Waals surface area contributed by atoms with E-state index in [1.807, 2.05) is 6.08 Å². The van der Waals surface area contributed by atoms with Gasteiger partial charge in [0, 0.05) is 37.5 Å². The van der Waals surface area contributed by atoms with Crippen molar-refractivity contribution in [1.29, 1.82) is 0 Å². The summed E-state index contributed by atoms with van der Waals surface area (Å²) in [6.45, 7) is 4.42. The van der Waals surface area contributed by atoms with E-state index in [0.29, 0.717) is 30.0 Å². The molecule has 0 aliphatic heterocycles. The normalized spacial score (nSPS) is 38.0. The Morgan fingerprint density at radius 1 is 1.03 bits per heavy atom. The van der Waals surface area contributed by atoms with Gasteiger partial charge in [-0.05, 0) is 92.2 Å². The minimum Gasteiger partial charge on any atom is -0.390 e. The van der Waals surface area contributed by atoms with Gasteiger partial charge in [-0.2, -0.15) is 0 Å². The van der Waals surface area contributed by atoms with Crippen molar-refractivity contribution >= 4 is 11.5 Å². The molecule has 1 aromatic rings. The van der Waals surface area contributed by atoms with Crippen LogP contribution in [0.2, 0.25) is 0 Å². The monoisotopic (exact) mass is 405 g/mol. The van der Waals surface area contributed by atoms with Crippen molar-refractivity contribution in [1.82, 2.24) is 0 Å². The number of hydrogen-bond acceptors (Lipinski definition) is 3. The average Bonchev–Trinajstić information content (AvgIpc) is 2.96. The van der Waals surface area contributed by atoms with Gasteiger partial charge in [-0.25, -0.2) is 0 Å². The van der Waals surface area contributed by atoms with Gasteiger partial charge in [0.2, 0.25) is 0 Å². The first-order valence-corrected chi connectivity index (χ1v) is 11.7. The van der Waals surface area contributed by atoms with Crippen LogP contribution in [0.15, 0.2) is 47.1 Å². The predicted octanol–water partition coefficient (Wildman–Crippen LogP) is 5.40. The predicted molar refractivity (Wildman–Crippen MR) is 122 cm³/mol. The van der Waals surface area contributed by atoms with E-state index in [9.17, 15) is 9.90 Å². The molecule has 0 amide bonds. The van der Waals surface area contributed by atoms with Gasteiger partial charge < -0.3 is 10.0 Å². The number of benzene rings is 1. The molecule has 160 valence electrons. The number of hydrogen-bond donors (Lipinski definition) is 1. The van der Waals surface area contributed by atoms with Crippen LogP contribution in [0.5, 0.6) is 0 Å². The summed E-state index contributed by atoms with van der Waals surface area (Å²) >= 11 is 0. The fourth-order valence-corrected chi connectivity index (χ4v) is 7.18. The molecule has 4 aliphatic carbocycles. The van der Waals surface area contributed by atoms with Crippen LogP contribution in [0.4, 0.5) is 5.69 Å². The number of rotatable bonds is 2. The lowest BCUT2D eigenvalue weighted by Crippen LogP contribution is -2.50. The third-order valence-electron chi connectivity index (χ3n) is 9.11. The summed E-state index contributed by atoms with van der Waals surface area (Å²) in [6, 6.07) is 9.04. The first-order valence-electron chi connectivity index (χ1n) is 11.7. The molecule has 0 saturated heterocycles. The average molecular weight is 406 g/mol. The lowest BCUT2D eigenvalue weighted by molar-refractivity contribution is -0.114. The molecule has 0 bridgehead atoms. The third-order valence-corrected chi connectivity index (χ3v) is 9.11. The second-order valence-electron chi connectivity index (χ2n) is 10.8. The Hall–Kier alpha value is -1.87. The Morgan fingerprint density at radius 2 is 1.77 bits per heavy atom. The quantitative estimate of drug-likeness (QED) is 0.716. The number of aliphatic hydroxyl groups is 1. The van der Waals surface area contributed by atoms with Crippen LogP contribution >= 0.6 is 0 Å². The smallest absolute Gasteiger partial charge is 0.156 e. The van der Waals surface area contributed by atoms with E-state index >= 15 is 0 Å². The molecule has 0 heterocycles. The summed E-state index contributed by atoms with van der Waals surface area (Å²) < 4.78 is 0. The molecular formula is C27H35NO2. The van der Waals surface area contributed by atoms with Crippen molar-refractivity contribution in [2.45, 2.75) is 70.3 Å². The molecule has 5 atom stereocenters. The maximum absolute atomic E-state index is 12.1. The number of ketones is 1. The van der Waals surface area contributed by atoms with Crippen LogP contribution in [-0.4, -0.2) is 30.6 Å². The van der Waals surface area contributed by atoms with Crippen molar-refractivity contribution < 1.29 is 9.90 Å². The zero-order valence-corrected chi connectivity index (χ0v) is 18.9. The minimum absolute atomic E-state index is 0.0572. The molecule has 4 aliphatic rings. The SMILES string of the molecule is CN(C)c1ccc([C@H]2C[C@@]3(C)C(CC[C@]3(C)O)[C@@H]3CCC4=CC(=O)CCC4=C32)cc1. The highest BCUT2D eigenvalue weighted by Crippen LogP contribution is 2.66. The lowest BCUT2D eigenvalue weighted by atomic mass is 9.51. The van der Waals surface area contributed by atoms with E-state index in [4.69, 9.17) is 0 Å². The largest absolute Gasteiger partial charge is 0.390 e. The topological polar surface area (TPSA) is 40.5 Å². The Bertz CT molecular complexity index is 936. The maximum atomic E-state index is 12.1. The molecule has 0 aromatic heterocycles. The van der Waals surface area contributed by atoms with E-state index in [0.717, 1.165) is 38.5 Å². The molecule has 1 aromatic carbocycles. The summed E-state index contributed by atoms with van der Waals surface area (Å²) in [5.41, 5.74) is 6.33.